The first-order valence-electron chi connectivity index (χ1n) is 8.04. The number of hydrogen-bond donors (Lipinski definition) is 0. The molecule has 1 amide bonds. The zero-order valence-corrected chi connectivity index (χ0v) is 14.9. The average molecular weight is 327 g/mol. The first-order valence-corrected chi connectivity index (χ1v) is 8.04. The van der Waals surface area contributed by atoms with Crippen molar-refractivity contribution < 1.29 is 14.3 Å². The quantitative estimate of drug-likeness (QED) is 0.801. The highest BCUT2D eigenvalue weighted by Crippen LogP contribution is 2.34. The predicted molar refractivity (Wildman–Crippen MR) is 97.0 cm³/mol. The van der Waals surface area contributed by atoms with Crippen LogP contribution < -0.4 is 14.4 Å². The van der Waals surface area contributed by atoms with E-state index >= 15 is 0 Å². The van der Waals surface area contributed by atoms with E-state index in [-0.39, 0.29) is 17.7 Å². The number of likely N-dealkylation sites (N-methyl/N-ethyl adjacent to an activating group) is 1. The zero-order valence-electron chi connectivity index (χ0n) is 14.9. The lowest BCUT2D eigenvalue weighted by Gasteiger charge is -2.27. The lowest BCUT2D eigenvalue weighted by molar-refractivity contribution is -0.120. The zero-order chi connectivity index (χ0) is 17.7. The maximum absolute atomic E-state index is 13.1. The predicted octanol–water partition coefficient (Wildman–Crippen LogP) is 4.11. The van der Waals surface area contributed by atoms with Crippen LogP contribution in [0, 0.1) is 5.92 Å². The SMILES string of the molecule is COc1ccc(C(C(=O)N(C)c2ccccc2)C(C)C)cc1OC. The summed E-state index contributed by atoms with van der Waals surface area (Å²) >= 11 is 0. The van der Waals surface area contributed by atoms with Crippen LogP contribution in [0.1, 0.15) is 25.3 Å². The van der Waals surface area contributed by atoms with Crippen molar-refractivity contribution in [2.75, 3.05) is 26.2 Å². The van der Waals surface area contributed by atoms with Gasteiger partial charge in [0.1, 0.15) is 0 Å². The van der Waals surface area contributed by atoms with Crippen LogP contribution in [-0.2, 0) is 4.79 Å². The third-order valence-corrected chi connectivity index (χ3v) is 4.17. The van der Waals surface area contributed by atoms with Crippen LogP contribution in [0.3, 0.4) is 0 Å². The first kappa shape index (κ1) is 17.9. The van der Waals surface area contributed by atoms with Gasteiger partial charge in [0, 0.05) is 12.7 Å². The summed E-state index contributed by atoms with van der Waals surface area (Å²) in [4.78, 5) is 14.8. The molecule has 0 fully saturated rings. The molecule has 128 valence electrons. The van der Waals surface area contributed by atoms with Crippen molar-refractivity contribution in [1.29, 1.82) is 0 Å². The minimum Gasteiger partial charge on any atom is -0.493 e. The Bertz CT molecular complexity index is 683. The van der Waals surface area contributed by atoms with Gasteiger partial charge in [-0.3, -0.25) is 4.79 Å². The maximum Gasteiger partial charge on any atom is 0.234 e. The summed E-state index contributed by atoms with van der Waals surface area (Å²) in [5, 5.41) is 0. The molecule has 1 unspecified atom stereocenters. The molecule has 0 aliphatic carbocycles. The van der Waals surface area contributed by atoms with Crippen LogP contribution >= 0.6 is 0 Å². The van der Waals surface area contributed by atoms with Crippen LogP contribution in [0.4, 0.5) is 5.69 Å². The van der Waals surface area contributed by atoms with Gasteiger partial charge in [-0.15, -0.1) is 0 Å². The van der Waals surface area contributed by atoms with E-state index < -0.39 is 0 Å². The standard InChI is InChI=1S/C20H25NO3/c1-14(2)19(15-11-12-17(23-4)18(13-15)24-5)20(22)21(3)16-9-7-6-8-10-16/h6-14,19H,1-5H3. The van der Waals surface area contributed by atoms with Crippen molar-refractivity contribution in [2.45, 2.75) is 19.8 Å². The van der Waals surface area contributed by atoms with E-state index in [2.05, 4.69) is 13.8 Å². The highest BCUT2D eigenvalue weighted by Gasteiger charge is 2.28. The number of carbonyl (C=O) groups excluding carboxylic acids is 1. The van der Waals surface area contributed by atoms with E-state index in [0.29, 0.717) is 11.5 Å². The molecule has 0 saturated heterocycles. The Kier molecular flexibility index (Phi) is 5.85. The largest absolute Gasteiger partial charge is 0.493 e. The smallest absolute Gasteiger partial charge is 0.234 e. The number of benzene rings is 2. The Morgan fingerprint density at radius 1 is 0.958 bits per heavy atom. The van der Waals surface area contributed by atoms with Gasteiger partial charge in [-0.05, 0) is 35.7 Å². The molecule has 0 aliphatic heterocycles. The molecule has 4 heteroatoms. The molecular weight excluding hydrogens is 302 g/mol. The van der Waals surface area contributed by atoms with Crippen molar-refractivity contribution in [3.8, 4) is 11.5 Å². The summed E-state index contributed by atoms with van der Waals surface area (Å²) in [6.45, 7) is 4.11. The number of nitrogens with zero attached hydrogens (tertiary/aromatic N) is 1. The highest BCUT2D eigenvalue weighted by molar-refractivity contribution is 5.97. The number of ether oxygens (including phenoxy) is 2. The van der Waals surface area contributed by atoms with E-state index in [9.17, 15) is 4.79 Å². The van der Waals surface area contributed by atoms with Gasteiger partial charge in [-0.2, -0.15) is 0 Å². The first-order chi connectivity index (χ1) is 11.5. The molecule has 4 nitrogen and oxygen atoms in total. The van der Waals surface area contributed by atoms with Crippen molar-refractivity contribution in [3.63, 3.8) is 0 Å². The van der Waals surface area contributed by atoms with Crippen LogP contribution in [0.25, 0.3) is 0 Å². The second-order valence-electron chi connectivity index (χ2n) is 6.07. The summed E-state index contributed by atoms with van der Waals surface area (Å²) < 4.78 is 10.7. The minimum atomic E-state index is -0.255. The molecule has 0 spiro atoms. The molecule has 0 saturated carbocycles. The Hall–Kier alpha value is -2.49. The van der Waals surface area contributed by atoms with Gasteiger partial charge in [-0.25, -0.2) is 0 Å². The minimum absolute atomic E-state index is 0.0587. The fraction of sp³-hybridized carbons (Fsp3) is 0.350. The highest BCUT2D eigenvalue weighted by atomic mass is 16.5. The molecule has 0 heterocycles. The van der Waals surface area contributed by atoms with Crippen molar-refractivity contribution in [3.05, 3.63) is 54.1 Å². The maximum atomic E-state index is 13.1. The molecule has 0 bridgehead atoms. The summed E-state index contributed by atoms with van der Waals surface area (Å²) in [5.41, 5.74) is 1.81. The Labute approximate surface area is 144 Å². The normalized spacial score (nSPS) is 11.9. The summed E-state index contributed by atoms with van der Waals surface area (Å²) in [5.74, 6) is 1.25. The monoisotopic (exact) mass is 327 g/mol. The molecule has 2 rings (SSSR count). The Balaban J connectivity index is 2.37. The fourth-order valence-electron chi connectivity index (χ4n) is 2.85. The Morgan fingerprint density at radius 3 is 2.12 bits per heavy atom. The van der Waals surface area contributed by atoms with Crippen LogP contribution in [0.15, 0.2) is 48.5 Å². The van der Waals surface area contributed by atoms with Crippen LogP contribution in [-0.4, -0.2) is 27.2 Å². The molecule has 0 aliphatic rings. The number of methoxy groups -OCH3 is 2. The third kappa shape index (κ3) is 3.70. The molecule has 0 aromatic heterocycles. The van der Waals surface area contributed by atoms with E-state index in [4.69, 9.17) is 9.47 Å². The van der Waals surface area contributed by atoms with Crippen molar-refractivity contribution in [2.24, 2.45) is 5.92 Å². The lowest BCUT2D eigenvalue weighted by atomic mass is 9.87. The third-order valence-electron chi connectivity index (χ3n) is 4.17. The average Bonchev–Trinajstić information content (AvgIpc) is 2.61. The summed E-state index contributed by atoms with van der Waals surface area (Å²) in [6.07, 6.45) is 0. The van der Waals surface area contributed by atoms with Crippen LogP contribution in [0.5, 0.6) is 11.5 Å². The van der Waals surface area contributed by atoms with Gasteiger partial charge in [0.25, 0.3) is 0 Å². The van der Waals surface area contributed by atoms with Gasteiger partial charge >= 0.3 is 0 Å². The van der Waals surface area contributed by atoms with Crippen molar-refractivity contribution >= 4 is 11.6 Å². The summed E-state index contributed by atoms with van der Waals surface area (Å²) in [6, 6.07) is 15.3. The van der Waals surface area contributed by atoms with E-state index in [1.807, 2.05) is 55.6 Å². The molecule has 0 radical (unpaired) electrons. The number of rotatable bonds is 6. The molecule has 2 aromatic carbocycles. The van der Waals surface area contributed by atoms with Gasteiger partial charge in [-0.1, -0.05) is 38.1 Å². The second-order valence-corrected chi connectivity index (χ2v) is 6.07. The van der Waals surface area contributed by atoms with Crippen LogP contribution in [0.2, 0.25) is 0 Å². The van der Waals surface area contributed by atoms with Gasteiger partial charge < -0.3 is 14.4 Å². The Morgan fingerprint density at radius 2 is 1.58 bits per heavy atom. The topological polar surface area (TPSA) is 38.8 Å². The van der Waals surface area contributed by atoms with E-state index in [0.717, 1.165) is 11.3 Å². The van der Waals surface area contributed by atoms with Crippen molar-refractivity contribution in [1.82, 2.24) is 0 Å². The number of amides is 1. The molecule has 24 heavy (non-hydrogen) atoms. The van der Waals surface area contributed by atoms with E-state index in [1.54, 1.807) is 19.1 Å². The summed E-state index contributed by atoms with van der Waals surface area (Å²) in [7, 11) is 5.02. The lowest BCUT2D eigenvalue weighted by Crippen LogP contribution is -2.34. The van der Waals surface area contributed by atoms with E-state index in [1.165, 1.54) is 0 Å². The second kappa shape index (κ2) is 7.86. The van der Waals surface area contributed by atoms with Gasteiger partial charge in [0.15, 0.2) is 11.5 Å². The molecule has 0 N–H and O–H groups in total. The number of anilines is 1. The van der Waals surface area contributed by atoms with Gasteiger partial charge in [0.2, 0.25) is 5.91 Å². The number of hydrogen-bond acceptors (Lipinski definition) is 3. The molecule has 1 atom stereocenters. The molecule has 2 aromatic rings. The van der Waals surface area contributed by atoms with Gasteiger partial charge in [0.05, 0.1) is 20.1 Å². The molecular formula is C20H25NO3. The number of para-hydroxylation sites is 1. The number of carbonyl (C=O) groups is 1. The fourth-order valence-corrected chi connectivity index (χ4v) is 2.85.